The molecule has 0 radical (unpaired) electrons. The van der Waals surface area contributed by atoms with E-state index in [4.69, 9.17) is 0 Å². The highest BCUT2D eigenvalue weighted by molar-refractivity contribution is 7.84. The monoisotopic (exact) mass is 392 g/mol. The fourth-order valence-electron chi connectivity index (χ4n) is 7.01. The summed E-state index contributed by atoms with van der Waals surface area (Å²) in [4.78, 5) is 25.1. The molecule has 148 valence electrons. The van der Waals surface area contributed by atoms with Gasteiger partial charge in [0.1, 0.15) is 12.2 Å². The van der Waals surface area contributed by atoms with Crippen molar-refractivity contribution in [2.75, 3.05) is 6.61 Å². The van der Waals surface area contributed by atoms with Gasteiger partial charge in [0.2, 0.25) is 0 Å². The van der Waals surface area contributed by atoms with Gasteiger partial charge in [0, 0.05) is 16.7 Å². The van der Waals surface area contributed by atoms with E-state index in [2.05, 4.69) is 19.6 Å². The molecule has 27 heavy (non-hydrogen) atoms. The molecule has 0 aromatic carbocycles. The fourth-order valence-corrected chi connectivity index (χ4v) is 7.43. The molecule has 6 heteroatoms. The third-order valence-corrected chi connectivity index (χ3v) is 9.01. The molecule has 3 fully saturated rings. The largest absolute Gasteiger partial charge is 0.393 e. The van der Waals surface area contributed by atoms with Crippen molar-refractivity contribution < 1.29 is 24.9 Å². The lowest BCUT2D eigenvalue weighted by Crippen LogP contribution is -2.62. The lowest BCUT2D eigenvalue weighted by atomic mass is 9.46. The van der Waals surface area contributed by atoms with Gasteiger partial charge in [0.25, 0.3) is 0 Å². The number of hydrogen-bond acceptors (Lipinski definition) is 6. The second-order valence-corrected chi connectivity index (χ2v) is 9.79. The van der Waals surface area contributed by atoms with Crippen LogP contribution < -0.4 is 0 Å². The lowest BCUT2D eigenvalue weighted by molar-refractivity contribution is -0.178. The maximum atomic E-state index is 12.4. The third-order valence-electron chi connectivity index (χ3n) is 8.42. The van der Waals surface area contributed by atoms with Crippen molar-refractivity contribution in [3.63, 3.8) is 0 Å². The van der Waals surface area contributed by atoms with E-state index in [1.54, 1.807) is 12.2 Å². The first kappa shape index (κ1) is 19.4. The van der Waals surface area contributed by atoms with Crippen molar-refractivity contribution >= 4 is 24.2 Å². The summed E-state index contributed by atoms with van der Waals surface area (Å²) in [6, 6.07) is 0. The maximum absolute atomic E-state index is 12.4. The Balaban J connectivity index is 1.77. The topological polar surface area (TPSA) is 94.8 Å². The SMILES string of the molecule is C[C@]12C(S)=CC(=O)C=C1CC[C@@H]1[C@@H]2[C@@H](O)C[C@@]2(C)[C@H]1CC[C@]2(O)C(=O)CO. The van der Waals surface area contributed by atoms with E-state index in [1.807, 2.05) is 6.92 Å². The van der Waals surface area contributed by atoms with E-state index >= 15 is 0 Å². The zero-order valence-corrected chi connectivity index (χ0v) is 16.7. The van der Waals surface area contributed by atoms with Gasteiger partial charge in [-0.25, -0.2) is 0 Å². The van der Waals surface area contributed by atoms with Gasteiger partial charge in [-0.3, -0.25) is 9.59 Å². The summed E-state index contributed by atoms with van der Waals surface area (Å²) >= 11 is 4.64. The third kappa shape index (κ3) is 2.30. The standard InChI is InChI=1S/C21H28O5S/c1-19-9-15(24)18-13(14(19)5-6-21(19,26)16(25)10-22)4-3-11-7-12(23)8-17(27)20(11,18)2/h7-8,13-15,18,22,24,26-27H,3-6,9-10H2,1-2H3/t13-,14-,15-,18+,19-,20+,21-/m0/s1. The van der Waals surface area contributed by atoms with E-state index < -0.39 is 34.9 Å². The maximum Gasteiger partial charge on any atom is 0.190 e. The Hall–Kier alpha value is -0.950. The smallest absolute Gasteiger partial charge is 0.190 e. The molecule has 5 nitrogen and oxygen atoms in total. The van der Waals surface area contributed by atoms with Crippen molar-refractivity contribution in [3.8, 4) is 0 Å². The van der Waals surface area contributed by atoms with E-state index in [0.717, 1.165) is 18.4 Å². The second-order valence-electron chi connectivity index (χ2n) is 9.31. The first-order valence-electron chi connectivity index (χ1n) is 9.80. The first-order chi connectivity index (χ1) is 12.6. The van der Waals surface area contributed by atoms with Gasteiger partial charge in [-0.15, -0.1) is 12.6 Å². The molecule has 4 aliphatic rings. The van der Waals surface area contributed by atoms with Gasteiger partial charge in [-0.1, -0.05) is 19.4 Å². The average Bonchev–Trinajstić information content (AvgIpc) is 2.87. The predicted molar refractivity (Wildman–Crippen MR) is 103 cm³/mol. The van der Waals surface area contributed by atoms with Gasteiger partial charge in [0.05, 0.1) is 6.10 Å². The molecule has 3 N–H and O–H groups in total. The fraction of sp³-hybridized carbons (Fsp3) is 0.714. The Morgan fingerprint density at radius 2 is 2.00 bits per heavy atom. The molecule has 0 aromatic rings. The van der Waals surface area contributed by atoms with E-state index in [0.29, 0.717) is 24.2 Å². The summed E-state index contributed by atoms with van der Waals surface area (Å²) in [6.45, 7) is 3.28. The zero-order chi connectivity index (χ0) is 19.8. The lowest BCUT2D eigenvalue weighted by Gasteiger charge is -2.60. The summed E-state index contributed by atoms with van der Waals surface area (Å²) in [5.41, 5.74) is -1.79. The van der Waals surface area contributed by atoms with Crippen LogP contribution in [0.25, 0.3) is 0 Å². The van der Waals surface area contributed by atoms with Crippen LogP contribution >= 0.6 is 12.6 Å². The molecule has 4 aliphatic carbocycles. The van der Waals surface area contributed by atoms with Crippen molar-refractivity contribution in [1.29, 1.82) is 0 Å². The number of allylic oxidation sites excluding steroid dienone is 4. The number of aliphatic hydroxyl groups is 3. The molecule has 0 saturated heterocycles. The zero-order valence-electron chi connectivity index (χ0n) is 15.8. The van der Waals surface area contributed by atoms with E-state index in [1.165, 1.54) is 0 Å². The van der Waals surface area contributed by atoms with Crippen LogP contribution in [-0.4, -0.2) is 45.2 Å². The molecule has 0 aliphatic heterocycles. The van der Waals surface area contributed by atoms with Crippen LogP contribution in [0.5, 0.6) is 0 Å². The summed E-state index contributed by atoms with van der Waals surface area (Å²) in [6.07, 6.45) is 5.43. The molecule has 4 rings (SSSR count). The number of ketones is 2. The Labute approximate surface area is 164 Å². The highest BCUT2D eigenvalue weighted by atomic mass is 32.1. The summed E-state index contributed by atoms with van der Waals surface area (Å²) < 4.78 is 0. The number of thiol groups is 1. The van der Waals surface area contributed by atoms with E-state index in [-0.39, 0.29) is 23.5 Å². The van der Waals surface area contributed by atoms with Crippen LogP contribution in [0.4, 0.5) is 0 Å². The number of aliphatic hydroxyl groups excluding tert-OH is 2. The average molecular weight is 393 g/mol. The van der Waals surface area contributed by atoms with Crippen LogP contribution in [0.3, 0.4) is 0 Å². The molecule has 0 unspecified atom stereocenters. The van der Waals surface area contributed by atoms with Crippen LogP contribution in [0.2, 0.25) is 0 Å². The number of rotatable bonds is 2. The molecule has 7 atom stereocenters. The molecule has 0 heterocycles. The quantitative estimate of drug-likeness (QED) is 0.538. The molecular weight excluding hydrogens is 364 g/mol. The highest BCUT2D eigenvalue weighted by Gasteiger charge is 2.68. The number of carbonyl (C=O) groups excluding carboxylic acids is 2. The van der Waals surface area contributed by atoms with Gasteiger partial charge in [-0.05, 0) is 61.0 Å². The Morgan fingerprint density at radius 1 is 1.30 bits per heavy atom. The van der Waals surface area contributed by atoms with Crippen molar-refractivity contribution in [2.45, 2.75) is 57.7 Å². The van der Waals surface area contributed by atoms with Gasteiger partial charge >= 0.3 is 0 Å². The van der Waals surface area contributed by atoms with Gasteiger partial charge in [0.15, 0.2) is 11.6 Å². The minimum absolute atomic E-state index is 0.0511. The molecular formula is C21H28O5S. The van der Waals surface area contributed by atoms with Crippen LogP contribution in [0.1, 0.15) is 46.0 Å². The second kappa shape index (κ2) is 6.02. The summed E-state index contributed by atoms with van der Waals surface area (Å²) in [5.74, 6) is -0.476. The molecule has 0 aromatic heterocycles. The van der Waals surface area contributed by atoms with Gasteiger partial charge < -0.3 is 15.3 Å². The van der Waals surface area contributed by atoms with Crippen LogP contribution in [0.15, 0.2) is 22.6 Å². The number of carbonyl (C=O) groups is 2. The normalized spacial score (nSPS) is 48.9. The number of hydrogen-bond donors (Lipinski definition) is 4. The van der Waals surface area contributed by atoms with Crippen LogP contribution in [-0.2, 0) is 9.59 Å². The minimum Gasteiger partial charge on any atom is -0.393 e. The number of fused-ring (bicyclic) bond motifs is 5. The Kier molecular flexibility index (Phi) is 4.32. The Bertz CT molecular complexity index is 773. The van der Waals surface area contributed by atoms with Crippen molar-refractivity contribution in [1.82, 2.24) is 0 Å². The molecule has 0 bridgehead atoms. The summed E-state index contributed by atoms with van der Waals surface area (Å²) in [5, 5.41) is 31.8. The van der Waals surface area contributed by atoms with Crippen molar-refractivity contribution in [3.05, 3.63) is 22.6 Å². The van der Waals surface area contributed by atoms with E-state index in [9.17, 15) is 24.9 Å². The summed E-state index contributed by atoms with van der Waals surface area (Å²) in [7, 11) is 0. The first-order valence-corrected chi connectivity index (χ1v) is 10.2. The highest BCUT2D eigenvalue weighted by Crippen LogP contribution is 2.68. The molecule has 0 amide bonds. The molecule has 3 saturated carbocycles. The Morgan fingerprint density at radius 3 is 2.67 bits per heavy atom. The van der Waals surface area contributed by atoms with Crippen molar-refractivity contribution in [2.24, 2.45) is 28.6 Å². The van der Waals surface area contributed by atoms with Crippen LogP contribution in [0, 0.1) is 28.6 Å². The van der Waals surface area contributed by atoms with Gasteiger partial charge in [-0.2, -0.15) is 0 Å². The molecule has 0 spiro atoms. The number of Topliss-reactive ketones (excluding diaryl/α,β-unsaturated/α-hetero) is 1. The predicted octanol–water partition coefficient (Wildman–Crippen LogP) is 1.82. The minimum atomic E-state index is -1.59.